The number of aromatic nitrogens is 2. The van der Waals surface area contributed by atoms with Crippen LogP contribution in [0.25, 0.3) is 0 Å². The van der Waals surface area contributed by atoms with Crippen LogP contribution < -0.4 is 5.32 Å². The molecule has 1 aromatic carbocycles. The third kappa shape index (κ3) is 2.72. The van der Waals surface area contributed by atoms with Crippen LogP contribution in [0.3, 0.4) is 0 Å². The molecule has 1 heterocycles. The van der Waals surface area contributed by atoms with Gasteiger partial charge in [0.05, 0.1) is 5.69 Å². The van der Waals surface area contributed by atoms with Crippen LogP contribution in [-0.2, 0) is 16.9 Å². The lowest BCUT2D eigenvalue weighted by molar-refractivity contribution is -0.145. The minimum Gasteiger partial charge on any atom is -0.480 e. The quantitative estimate of drug-likeness (QED) is 0.842. The van der Waals surface area contributed by atoms with Gasteiger partial charge in [0.15, 0.2) is 0 Å². The van der Waals surface area contributed by atoms with E-state index in [-0.39, 0.29) is 0 Å². The van der Waals surface area contributed by atoms with Gasteiger partial charge in [-0.3, -0.25) is 4.68 Å². The molecule has 106 valence electrons. The van der Waals surface area contributed by atoms with E-state index in [0.29, 0.717) is 13.0 Å². The van der Waals surface area contributed by atoms with Crippen LogP contribution >= 0.6 is 0 Å². The van der Waals surface area contributed by atoms with E-state index in [2.05, 4.69) is 10.4 Å². The van der Waals surface area contributed by atoms with Crippen molar-refractivity contribution >= 4 is 5.97 Å². The monoisotopic (exact) mass is 273 g/mol. The number of likely N-dealkylation sites (N-methyl/N-ethyl adjacent to an activating group) is 1. The van der Waals surface area contributed by atoms with Gasteiger partial charge in [0, 0.05) is 19.2 Å². The second-order valence-electron chi connectivity index (χ2n) is 4.80. The molecule has 0 spiro atoms. The van der Waals surface area contributed by atoms with Crippen LogP contribution in [0.5, 0.6) is 0 Å². The first-order chi connectivity index (χ1) is 9.58. The fourth-order valence-electron chi connectivity index (χ4n) is 2.34. The summed E-state index contributed by atoms with van der Waals surface area (Å²) in [6, 6.07) is 11.1. The first-order valence-electron chi connectivity index (χ1n) is 6.56. The minimum absolute atomic E-state index is 0.421. The molecule has 0 radical (unpaired) electrons. The summed E-state index contributed by atoms with van der Waals surface area (Å²) in [5, 5.41) is 16.9. The smallest absolute Gasteiger partial charge is 0.328 e. The second kappa shape index (κ2) is 5.88. The van der Waals surface area contributed by atoms with Gasteiger partial charge in [-0.2, -0.15) is 5.10 Å². The molecular formula is C15H19N3O2. The molecule has 2 N–H and O–H groups in total. The average Bonchev–Trinajstić information content (AvgIpc) is 2.87. The highest BCUT2D eigenvalue weighted by atomic mass is 16.4. The Labute approximate surface area is 118 Å². The number of carboxylic acid groups (broad SMARTS) is 1. The van der Waals surface area contributed by atoms with E-state index in [1.807, 2.05) is 49.5 Å². The Bertz CT molecular complexity index is 580. The van der Waals surface area contributed by atoms with Crippen molar-refractivity contribution < 1.29 is 9.90 Å². The molecule has 2 rings (SSSR count). The van der Waals surface area contributed by atoms with Crippen molar-refractivity contribution in [2.24, 2.45) is 0 Å². The summed E-state index contributed by atoms with van der Waals surface area (Å²) in [4.78, 5) is 11.8. The van der Waals surface area contributed by atoms with Crippen molar-refractivity contribution in [3.63, 3.8) is 0 Å². The summed E-state index contributed by atoms with van der Waals surface area (Å²) in [5.74, 6) is -0.880. The number of hydrogen-bond donors (Lipinski definition) is 2. The molecule has 5 heteroatoms. The van der Waals surface area contributed by atoms with Gasteiger partial charge in [-0.25, -0.2) is 4.79 Å². The summed E-state index contributed by atoms with van der Waals surface area (Å²) >= 11 is 0. The van der Waals surface area contributed by atoms with Crippen molar-refractivity contribution in [3.8, 4) is 0 Å². The molecule has 0 bridgehead atoms. The minimum atomic E-state index is -1.10. The molecule has 0 saturated heterocycles. The van der Waals surface area contributed by atoms with E-state index in [1.54, 1.807) is 11.7 Å². The molecule has 0 amide bonds. The number of nitrogens with one attached hydrogen (secondary N) is 1. The van der Waals surface area contributed by atoms with Gasteiger partial charge in [0.25, 0.3) is 0 Å². The number of carbonyl (C=O) groups is 1. The lowest BCUT2D eigenvalue weighted by atomic mass is 9.86. The van der Waals surface area contributed by atoms with Crippen LogP contribution in [0.15, 0.2) is 42.6 Å². The molecule has 1 aromatic heterocycles. The predicted molar refractivity (Wildman–Crippen MR) is 76.4 cm³/mol. The SMILES string of the molecule is CNC(CCn1ccc(C)n1)(C(=O)O)c1ccccc1. The molecule has 5 nitrogen and oxygen atoms in total. The van der Waals surface area contributed by atoms with Gasteiger partial charge in [-0.15, -0.1) is 0 Å². The van der Waals surface area contributed by atoms with Gasteiger partial charge >= 0.3 is 5.97 Å². The van der Waals surface area contributed by atoms with Crippen molar-refractivity contribution in [2.75, 3.05) is 7.05 Å². The Balaban J connectivity index is 2.26. The van der Waals surface area contributed by atoms with E-state index in [1.165, 1.54) is 0 Å². The summed E-state index contributed by atoms with van der Waals surface area (Å²) in [6.07, 6.45) is 2.28. The van der Waals surface area contributed by atoms with E-state index in [0.717, 1.165) is 11.3 Å². The number of aliphatic carboxylic acids is 1. The first-order valence-corrected chi connectivity index (χ1v) is 6.56. The van der Waals surface area contributed by atoms with Crippen LogP contribution in [0.1, 0.15) is 17.7 Å². The number of aryl methyl sites for hydroxylation is 2. The molecule has 0 saturated carbocycles. The highest BCUT2D eigenvalue weighted by molar-refractivity contribution is 5.80. The molecule has 20 heavy (non-hydrogen) atoms. The number of hydrogen-bond acceptors (Lipinski definition) is 3. The van der Waals surface area contributed by atoms with Crippen LogP contribution in [0.4, 0.5) is 0 Å². The topological polar surface area (TPSA) is 67.2 Å². The van der Waals surface area contributed by atoms with E-state index >= 15 is 0 Å². The van der Waals surface area contributed by atoms with E-state index in [4.69, 9.17) is 0 Å². The number of rotatable bonds is 6. The molecule has 0 aliphatic heterocycles. The zero-order chi connectivity index (χ0) is 14.6. The first kappa shape index (κ1) is 14.3. The summed E-state index contributed by atoms with van der Waals surface area (Å²) in [6.45, 7) is 2.45. The van der Waals surface area contributed by atoms with E-state index in [9.17, 15) is 9.90 Å². The van der Waals surface area contributed by atoms with Crippen molar-refractivity contribution in [1.82, 2.24) is 15.1 Å². The third-order valence-corrected chi connectivity index (χ3v) is 3.55. The molecular weight excluding hydrogens is 254 g/mol. The van der Waals surface area contributed by atoms with Crippen molar-refractivity contribution in [1.29, 1.82) is 0 Å². The standard InChI is InChI=1S/C15H19N3O2/c1-12-8-10-18(17-12)11-9-15(16-2,14(19)20)13-6-4-3-5-7-13/h3-8,10,16H,9,11H2,1-2H3,(H,19,20). The van der Waals surface area contributed by atoms with Gasteiger partial charge in [0.1, 0.15) is 5.54 Å². The van der Waals surface area contributed by atoms with Crippen molar-refractivity contribution in [3.05, 3.63) is 53.9 Å². The van der Waals surface area contributed by atoms with Crippen LogP contribution in [-0.4, -0.2) is 27.9 Å². The van der Waals surface area contributed by atoms with Gasteiger partial charge < -0.3 is 10.4 Å². The maximum atomic E-state index is 11.8. The molecule has 0 fully saturated rings. The third-order valence-electron chi connectivity index (χ3n) is 3.55. The molecule has 2 aromatic rings. The molecule has 1 unspecified atom stereocenters. The Hall–Kier alpha value is -2.14. The second-order valence-corrected chi connectivity index (χ2v) is 4.80. The average molecular weight is 273 g/mol. The zero-order valence-corrected chi connectivity index (χ0v) is 11.7. The lowest BCUT2D eigenvalue weighted by Crippen LogP contribution is -2.48. The van der Waals surface area contributed by atoms with Gasteiger partial charge in [-0.05, 0) is 25.6 Å². The summed E-state index contributed by atoms with van der Waals surface area (Å²) < 4.78 is 1.77. The Kier molecular flexibility index (Phi) is 4.20. The fraction of sp³-hybridized carbons (Fsp3) is 0.333. The predicted octanol–water partition coefficient (Wildman–Crippen LogP) is 1.78. The Morgan fingerprint density at radius 2 is 2.05 bits per heavy atom. The summed E-state index contributed by atoms with van der Waals surface area (Å²) in [7, 11) is 1.68. The van der Waals surface area contributed by atoms with Gasteiger partial charge in [-0.1, -0.05) is 30.3 Å². The largest absolute Gasteiger partial charge is 0.480 e. The number of carboxylic acids is 1. The van der Waals surface area contributed by atoms with Crippen molar-refractivity contribution in [2.45, 2.75) is 25.4 Å². The van der Waals surface area contributed by atoms with Crippen LogP contribution in [0, 0.1) is 6.92 Å². The Morgan fingerprint density at radius 1 is 1.35 bits per heavy atom. The maximum Gasteiger partial charge on any atom is 0.328 e. The molecule has 0 aliphatic carbocycles. The highest BCUT2D eigenvalue weighted by Gasteiger charge is 2.38. The molecule has 0 aliphatic rings. The zero-order valence-electron chi connectivity index (χ0n) is 11.7. The Morgan fingerprint density at radius 3 is 2.55 bits per heavy atom. The highest BCUT2D eigenvalue weighted by Crippen LogP contribution is 2.26. The number of nitrogens with zero attached hydrogens (tertiary/aromatic N) is 2. The normalized spacial score (nSPS) is 13.9. The van der Waals surface area contributed by atoms with Crippen LogP contribution in [0.2, 0.25) is 0 Å². The molecule has 1 atom stereocenters. The lowest BCUT2D eigenvalue weighted by Gasteiger charge is -2.29. The maximum absolute atomic E-state index is 11.8. The fourth-order valence-corrected chi connectivity index (χ4v) is 2.34. The van der Waals surface area contributed by atoms with E-state index < -0.39 is 11.5 Å². The number of benzene rings is 1. The summed E-state index contributed by atoms with van der Waals surface area (Å²) in [5.41, 5.74) is 0.579. The van der Waals surface area contributed by atoms with Gasteiger partial charge in [0.2, 0.25) is 0 Å².